The van der Waals surface area contributed by atoms with E-state index in [-0.39, 0.29) is 5.82 Å². The molecule has 1 N–H and O–H groups in total. The number of halogens is 1. The zero-order valence-electron chi connectivity index (χ0n) is 10.1. The molecule has 0 bridgehead atoms. The summed E-state index contributed by atoms with van der Waals surface area (Å²) < 4.78 is 13.0. The van der Waals surface area contributed by atoms with Gasteiger partial charge in [0.25, 0.3) is 0 Å². The van der Waals surface area contributed by atoms with E-state index < -0.39 is 0 Å². The minimum atomic E-state index is -0.359. The number of anilines is 1. The van der Waals surface area contributed by atoms with Gasteiger partial charge in [0.1, 0.15) is 11.9 Å². The second kappa shape index (κ2) is 4.75. The summed E-state index contributed by atoms with van der Waals surface area (Å²) in [6, 6.07) is 6.34. The Morgan fingerprint density at radius 2 is 2.24 bits per heavy atom. The van der Waals surface area contributed by atoms with Crippen molar-refractivity contribution in [1.29, 1.82) is 5.26 Å². The first-order valence-electron chi connectivity index (χ1n) is 6.13. The van der Waals surface area contributed by atoms with Crippen molar-refractivity contribution in [2.24, 2.45) is 5.41 Å². The molecule has 0 aliphatic heterocycles. The molecule has 0 unspecified atom stereocenters. The summed E-state index contributed by atoms with van der Waals surface area (Å²) in [7, 11) is 0. The van der Waals surface area contributed by atoms with Gasteiger partial charge in [-0.05, 0) is 42.9 Å². The molecule has 0 saturated heterocycles. The Bertz CT molecular complexity index is 444. The van der Waals surface area contributed by atoms with Crippen LogP contribution < -0.4 is 5.32 Å². The smallest absolute Gasteiger partial charge is 0.124 e. The van der Waals surface area contributed by atoms with E-state index >= 15 is 0 Å². The molecule has 0 heterocycles. The van der Waals surface area contributed by atoms with Gasteiger partial charge in [-0.2, -0.15) is 5.26 Å². The molecule has 1 saturated carbocycles. The van der Waals surface area contributed by atoms with Crippen LogP contribution in [0, 0.1) is 22.6 Å². The molecular weight excluding hydrogens is 215 g/mol. The Kier molecular flexibility index (Phi) is 3.33. The van der Waals surface area contributed by atoms with Crippen molar-refractivity contribution in [2.75, 3.05) is 11.9 Å². The van der Waals surface area contributed by atoms with Crippen LogP contribution in [0.2, 0.25) is 0 Å². The van der Waals surface area contributed by atoms with Crippen LogP contribution in [-0.2, 0) is 0 Å². The van der Waals surface area contributed by atoms with Crippen molar-refractivity contribution in [1.82, 2.24) is 0 Å². The third kappa shape index (κ3) is 2.76. The Morgan fingerprint density at radius 1 is 1.47 bits per heavy atom. The monoisotopic (exact) mass is 232 g/mol. The highest BCUT2D eigenvalue weighted by molar-refractivity contribution is 5.57. The molecule has 90 valence electrons. The van der Waals surface area contributed by atoms with E-state index in [0.717, 1.165) is 12.2 Å². The van der Waals surface area contributed by atoms with Crippen molar-refractivity contribution in [3.8, 4) is 6.07 Å². The summed E-state index contributed by atoms with van der Waals surface area (Å²) >= 11 is 0. The molecule has 1 aliphatic carbocycles. The molecule has 0 aromatic heterocycles. The van der Waals surface area contributed by atoms with E-state index in [2.05, 4.69) is 12.2 Å². The molecule has 0 radical (unpaired) electrons. The lowest BCUT2D eigenvalue weighted by atomic mass is 10.0. The van der Waals surface area contributed by atoms with Crippen LogP contribution in [0.25, 0.3) is 0 Å². The minimum absolute atomic E-state index is 0.359. The molecule has 3 heteroatoms. The second-order valence-corrected chi connectivity index (χ2v) is 4.91. The molecule has 1 aliphatic rings. The standard InChI is InChI=1S/C14H17FN2/c1-2-5-14(6-7-14)10-17-13-4-3-12(15)8-11(13)9-16/h3-4,8,17H,2,5-7,10H2,1H3. The third-order valence-corrected chi connectivity index (χ3v) is 3.49. The van der Waals surface area contributed by atoms with Gasteiger partial charge in [-0.3, -0.25) is 0 Å². The zero-order chi connectivity index (χ0) is 12.3. The number of nitrogens with one attached hydrogen (secondary N) is 1. The van der Waals surface area contributed by atoms with Crippen LogP contribution in [0.5, 0.6) is 0 Å². The fraction of sp³-hybridized carbons (Fsp3) is 0.500. The Labute approximate surface area is 101 Å². The van der Waals surface area contributed by atoms with Gasteiger partial charge in [0.05, 0.1) is 11.3 Å². The van der Waals surface area contributed by atoms with Gasteiger partial charge < -0.3 is 5.32 Å². The highest BCUT2D eigenvalue weighted by Gasteiger charge is 2.41. The second-order valence-electron chi connectivity index (χ2n) is 4.91. The lowest BCUT2D eigenvalue weighted by molar-refractivity contribution is 0.485. The fourth-order valence-electron chi connectivity index (χ4n) is 2.27. The minimum Gasteiger partial charge on any atom is -0.383 e. The quantitative estimate of drug-likeness (QED) is 0.840. The van der Waals surface area contributed by atoms with Crippen molar-refractivity contribution in [3.63, 3.8) is 0 Å². The van der Waals surface area contributed by atoms with Crippen LogP contribution in [-0.4, -0.2) is 6.54 Å². The van der Waals surface area contributed by atoms with Crippen LogP contribution in [0.1, 0.15) is 38.2 Å². The SMILES string of the molecule is CCCC1(CNc2ccc(F)cc2C#N)CC1. The predicted molar refractivity (Wildman–Crippen MR) is 66.2 cm³/mol. The van der Waals surface area contributed by atoms with Gasteiger partial charge in [-0.15, -0.1) is 0 Å². The summed E-state index contributed by atoms with van der Waals surface area (Å²) in [5, 5.41) is 12.2. The Hall–Kier alpha value is -1.56. The maximum atomic E-state index is 13.0. The number of hydrogen-bond acceptors (Lipinski definition) is 2. The van der Waals surface area contributed by atoms with E-state index in [1.807, 2.05) is 6.07 Å². The molecule has 2 nitrogen and oxygen atoms in total. The molecule has 1 aromatic rings. The molecule has 1 aromatic carbocycles. The number of nitriles is 1. The Balaban J connectivity index is 2.02. The summed E-state index contributed by atoms with van der Waals surface area (Å²) in [6.07, 6.45) is 4.94. The highest BCUT2D eigenvalue weighted by Crippen LogP contribution is 2.49. The summed E-state index contributed by atoms with van der Waals surface area (Å²) in [4.78, 5) is 0. The molecule has 2 rings (SSSR count). The van der Waals surface area contributed by atoms with Gasteiger partial charge >= 0.3 is 0 Å². The number of rotatable bonds is 5. The average Bonchev–Trinajstić information content (AvgIpc) is 3.08. The van der Waals surface area contributed by atoms with Crippen molar-refractivity contribution >= 4 is 5.69 Å². The van der Waals surface area contributed by atoms with Crippen LogP contribution in [0.3, 0.4) is 0 Å². The van der Waals surface area contributed by atoms with Gasteiger partial charge in [0, 0.05) is 6.54 Å². The van der Waals surface area contributed by atoms with E-state index in [4.69, 9.17) is 5.26 Å². The van der Waals surface area contributed by atoms with Crippen LogP contribution >= 0.6 is 0 Å². The van der Waals surface area contributed by atoms with E-state index in [1.165, 1.54) is 37.8 Å². The topological polar surface area (TPSA) is 35.8 Å². The molecule has 1 fully saturated rings. The van der Waals surface area contributed by atoms with Gasteiger partial charge in [-0.1, -0.05) is 13.3 Å². The molecular formula is C14H17FN2. The van der Waals surface area contributed by atoms with Gasteiger partial charge in [-0.25, -0.2) is 4.39 Å². The fourth-order valence-corrected chi connectivity index (χ4v) is 2.27. The molecule has 0 amide bonds. The number of nitrogens with zero attached hydrogens (tertiary/aromatic N) is 1. The maximum absolute atomic E-state index is 13.0. The maximum Gasteiger partial charge on any atom is 0.124 e. The lowest BCUT2D eigenvalue weighted by Crippen LogP contribution is -2.15. The third-order valence-electron chi connectivity index (χ3n) is 3.49. The predicted octanol–water partition coefficient (Wildman–Crippen LogP) is 3.69. The average molecular weight is 232 g/mol. The van der Waals surface area contributed by atoms with E-state index in [9.17, 15) is 4.39 Å². The van der Waals surface area contributed by atoms with Crippen molar-refractivity contribution < 1.29 is 4.39 Å². The van der Waals surface area contributed by atoms with Crippen LogP contribution in [0.4, 0.5) is 10.1 Å². The van der Waals surface area contributed by atoms with Gasteiger partial charge in [0.15, 0.2) is 0 Å². The normalized spacial score (nSPS) is 16.3. The number of hydrogen-bond donors (Lipinski definition) is 1. The molecule has 17 heavy (non-hydrogen) atoms. The zero-order valence-corrected chi connectivity index (χ0v) is 10.1. The van der Waals surface area contributed by atoms with Gasteiger partial charge in [0.2, 0.25) is 0 Å². The highest BCUT2D eigenvalue weighted by atomic mass is 19.1. The summed E-state index contributed by atoms with van der Waals surface area (Å²) in [5.41, 5.74) is 1.56. The Morgan fingerprint density at radius 3 is 2.82 bits per heavy atom. The first-order chi connectivity index (χ1) is 8.19. The van der Waals surface area contributed by atoms with Crippen LogP contribution in [0.15, 0.2) is 18.2 Å². The molecule has 0 spiro atoms. The lowest BCUT2D eigenvalue weighted by Gasteiger charge is -2.16. The van der Waals surface area contributed by atoms with E-state index in [0.29, 0.717) is 11.0 Å². The first kappa shape index (κ1) is 11.9. The van der Waals surface area contributed by atoms with E-state index in [1.54, 1.807) is 6.07 Å². The summed E-state index contributed by atoms with van der Waals surface area (Å²) in [5.74, 6) is -0.359. The van der Waals surface area contributed by atoms with Crippen molar-refractivity contribution in [2.45, 2.75) is 32.6 Å². The largest absolute Gasteiger partial charge is 0.383 e. The van der Waals surface area contributed by atoms with Crippen molar-refractivity contribution in [3.05, 3.63) is 29.6 Å². The summed E-state index contributed by atoms with van der Waals surface area (Å²) in [6.45, 7) is 3.08. The first-order valence-corrected chi connectivity index (χ1v) is 6.13. The molecule has 0 atom stereocenters. The number of benzene rings is 1.